The molecule has 33 heavy (non-hydrogen) atoms. The van der Waals surface area contributed by atoms with Crippen LogP contribution in [-0.2, 0) is 6.54 Å². The monoisotopic (exact) mass is 515 g/mol. The number of benzene rings is 1. The molecular formula is C23H18ClN3O3S3. The van der Waals surface area contributed by atoms with E-state index >= 15 is 0 Å². The van der Waals surface area contributed by atoms with E-state index in [1.165, 1.54) is 11.3 Å². The van der Waals surface area contributed by atoms with Crippen molar-refractivity contribution in [3.8, 4) is 16.2 Å². The molecule has 10 heteroatoms. The molecule has 168 valence electrons. The van der Waals surface area contributed by atoms with Gasteiger partial charge in [0.2, 0.25) is 0 Å². The van der Waals surface area contributed by atoms with E-state index in [1.54, 1.807) is 47.9 Å². The first kappa shape index (κ1) is 23.2. The summed E-state index contributed by atoms with van der Waals surface area (Å²) in [6, 6.07) is 14.3. The number of hydrazone groups is 1. The Morgan fingerprint density at radius 3 is 2.58 bits per heavy atom. The van der Waals surface area contributed by atoms with Crippen molar-refractivity contribution in [3.05, 3.63) is 84.5 Å². The summed E-state index contributed by atoms with van der Waals surface area (Å²) >= 11 is 10.1. The number of thiophene rings is 3. The lowest BCUT2D eigenvalue weighted by molar-refractivity contribution is 0.0950. The maximum absolute atomic E-state index is 12.5. The third kappa shape index (κ3) is 5.51. The average Bonchev–Trinajstić information content (AvgIpc) is 3.56. The van der Waals surface area contributed by atoms with Crippen molar-refractivity contribution in [2.45, 2.75) is 13.5 Å². The highest BCUT2D eigenvalue weighted by Crippen LogP contribution is 2.39. The zero-order valence-corrected chi connectivity index (χ0v) is 20.5. The number of amides is 2. The molecule has 0 aliphatic carbocycles. The van der Waals surface area contributed by atoms with Gasteiger partial charge in [0.05, 0.1) is 32.5 Å². The van der Waals surface area contributed by atoms with Crippen molar-refractivity contribution in [2.75, 3.05) is 0 Å². The fourth-order valence-corrected chi connectivity index (χ4v) is 5.59. The van der Waals surface area contributed by atoms with Crippen molar-refractivity contribution < 1.29 is 14.7 Å². The largest absolute Gasteiger partial charge is 0.506 e. The summed E-state index contributed by atoms with van der Waals surface area (Å²) in [6.45, 7) is 2.14. The number of hydrogen-bond acceptors (Lipinski definition) is 7. The molecule has 0 atom stereocenters. The van der Waals surface area contributed by atoms with Gasteiger partial charge in [0.1, 0.15) is 5.75 Å². The Kier molecular flexibility index (Phi) is 7.24. The third-order valence-electron chi connectivity index (χ3n) is 4.62. The first-order valence-corrected chi connectivity index (χ1v) is 12.7. The molecule has 3 N–H and O–H groups in total. The van der Waals surface area contributed by atoms with Gasteiger partial charge >= 0.3 is 0 Å². The zero-order valence-electron chi connectivity index (χ0n) is 17.3. The molecule has 0 saturated carbocycles. The minimum Gasteiger partial charge on any atom is -0.506 e. The van der Waals surface area contributed by atoms with Gasteiger partial charge in [-0.2, -0.15) is 5.10 Å². The van der Waals surface area contributed by atoms with Gasteiger partial charge in [0.15, 0.2) is 0 Å². The molecule has 0 saturated heterocycles. The van der Waals surface area contributed by atoms with Gasteiger partial charge in [-0.25, -0.2) is 5.43 Å². The van der Waals surface area contributed by atoms with Gasteiger partial charge < -0.3 is 10.4 Å². The van der Waals surface area contributed by atoms with Crippen LogP contribution in [0, 0.1) is 0 Å². The van der Waals surface area contributed by atoms with Gasteiger partial charge in [-0.05, 0) is 48.2 Å². The fraction of sp³-hybridized carbons (Fsp3) is 0.0870. The predicted molar refractivity (Wildman–Crippen MR) is 136 cm³/mol. The number of nitrogens with zero attached hydrogens (tertiary/aromatic N) is 1. The molecule has 4 rings (SSSR count). The quantitative estimate of drug-likeness (QED) is 0.209. The second-order valence-electron chi connectivity index (χ2n) is 6.90. The van der Waals surface area contributed by atoms with Gasteiger partial charge in [0, 0.05) is 15.3 Å². The van der Waals surface area contributed by atoms with Crippen molar-refractivity contribution >= 4 is 63.1 Å². The van der Waals surface area contributed by atoms with E-state index < -0.39 is 5.91 Å². The van der Waals surface area contributed by atoms with Crippen LogP contribution in [0.1, 0.15) is 36.7 Å². The predicted octanol–water partition coefficient (Wildman–Crippen LogP) is 5.98. The van der Waals surface area contributed by atoms with Crippen LogP contribution < -0.4 is 10.7 Å². The SMILES string of the molecule is C/C(=N\NC(=O)c1ccc(C(=O)NCc2cccs2)s1)c1csc(-c2cccc(Cl)c2)c1O. The van der Waals surface area contributed by atoms with Crippen LogP contribution >= 0.6 is 45.6 Å². The standard InChI is InChI=1S/C23H18ClN3O3S3/c1-13(17-12-32-21(20(17)28)14-4-2-5-15(24)10-14)26-27-23(30)19-8-7-18(33-19)22(29)25-11-16-6-3-9-31-16/h2-10,12,28H,11H2,1H3,(H,25,29)(H,27,30)/b26-13+. The fourth-order valence-electron chi connectivity index (χ4n) is 2.94. The van der Waals surface area contributed by atoms with Crippen molar-refractivity contribution in [1.82, 2.24) is 10.7 Å². The molecule has 0 spiro atoms. The summed E-state index contributed by atoms with van der Waals surface area (Å²) in [5.41, 5.74) is 4.27. The average molecular weight is 516 g/mol. The number of rotatable bonds is 7. The van der Waals surface area contributed by atoms with Crippen LogP contribution in [0.5, 0.6) is 5.75 Å². The Morgan fingerprint density at radius 2 is 1.85 bits per heavy atom. The maximum atomic E-state index is 12.5. The zero-order chi connectivity index (χ0) is 23.4. The molecule has 0 aliphatic heterocycles. The van der Waals surface area contributed by atoms with Crippen LogP contribution in [0.15, 0.2) is 64.4 Å². The number of carbonyl (C=O) groups is 2. The van der Waals surface area contributed by atoms with Gasteiger partial charge in [-0.3, -0.25) is 9.59 Å². The molecule has 0 unspecified atom stereocenters. The lowest BCUT2D eigenvalue weighted by Gasteiger charge is -2.03. The Bertz CT molecular complexity index is 1330. The molecule has 1 aromatic carbocycles. The van der Waals surface area contributed by atoms with Crippen molar-refractivity contribution in [3.63, 3.8) is 0 Å². The Labute approximate surface area is 207 Å². The van der Waals surface area contributed by atoms with E-state index in [0.29, 0.717) is 37.5 Å². The second kappa shape index (κ2) is 10.3. The topological polar surface area (TPSA) is 90.8 Å². The Balaban J connectivity index is 1.40. The summed E-state index contributed by atoms with van der Waals surface area (Å²) in [7, 11) is 0. The number of carbonyl (C=O) groups excluding carboxylic acids is 2. The van der Waals surface area contributed by atoms with E-state index in [1.807, 2.05) is 29.6 Å². The molecule has 2 amide bonds. The lowest BCUT2D eigenvalue weighted by atomic mass is 10.1. The normalized spacial score (nSPS) is 11.4. The van der Waals surface area contributed by atoms with E-state index in [-0.39, 0.29) is 11.7 Å². The molecule has 6 nitrogen and oxygen atoms in total. The van der Waals surface area contributed by atoms with Crippen LogP contribution in [0.2, 0.25) is 5.02 Å². The van der Waals surface area contributed by atoms with Gasteiger partial charge in [-0.15, -0.1) is 34.0 Å². The first-order valence-electron chi connectivity index (χ1n) is 9.74. The Morgan fingerprint density at radius 1 is 1.06 bits per heavy atom. The first-order chi connectivity index (χ1) is 15.9. The maximum Gasteiger partial charge on any atom is 0.281 e. The summed E-state index contributed by atoms with van der Waals surface area (Å²) in [5.74, 6) is -0.580. The molecular weight excluding hydrogens is 498 g/mol. The third-order valence-corrected chi connectivity index (χ3v) is 7.84. The van der Waals surface area contributed by atoms with Crippen LogP contribution in [0.25, 0.3) is 10.4 Å². The number of nitrogens with one attached hydrogen (secondary N) is 2. The van der Waals surface area contributed by atoms with Crippen LogP contribution in [0.4, 0.5) is 0 Å². The van der Waals surface area contributed by atoms with Gasteiger partial charge in [0.25, 0.3) is 11.8 Å². The van der Waals surface area contributed by atoms with E-state index in [4.69, 9.17) is 11.6 Å². The lowest BCUT2D eigenvalue weighted by Crippen LogP contribution is -2.21. The summed E-state index contributed by atoms with van der Waals surface area (Å²) < 4.78 is 0. The molecule has 0 fully saturated rings. The van der Waals surface area contributed by atoms with Gasteiger partial charge in [-0.1, -0.05) is 29.8 Å². The molecule has 3 heterocycles. The minimum absolute atomic E-state index is 0.0820. The molecule has 0 aliphatic rings. The summed E-state index contributed by atoms with van der Waals surface area (Å²) in [4.78, 5) is 27.3. The molecule has 3 aromatic heterocycles. The van der Waals surface area contributed by atoms with E-state index in [0.717, 1.165) is 21.8 Å². The van der Waals surface area contributed by atoms with E-state index in [2.05, 4.69) is 15.8 Å². The Hall–Kier alpha value is -2.98. The summed E-state index contributed by atoms with van der Waals surface area (Å²) in [6.07, 6.45) is 0. The van der Waals surface area contributed by atoms with Crippen molar-refractivity contribution in [1.29, 1.82) is 0 Å². The highest BCUT2D eigenvalue weighted by Gasteiger charge is 2.17. The van der Waals surface area contributed by atoms with E-state index in [9.17, 15) is 14.7 Å². The van der Waals surface area contributed by atoms with Crippen molar-refractivity contribution in [2.24, 2.45) is 5.10 Å². The van der Waals surface area contributed by atoms with Crippen LogP contribution in [0.3, 0.4) is 0 Å². The minimum atomic E-state index is -0.429. The highest BCUT2D eigenvalue weighted by molar-refractivity contribution is 7.16. The second-order valence-corrected chi connectivity index (χ2v) is 10.3. The molecule has 4 aromatic rings. The number of hydrogen-bond donors (Lipinski definition) is 3. The van der Waals surface area contributed by atoms with Crippen LogP contribution in [-0.4, -0.2) is 22.6 Å². The number of aromatic hydroxyl groups is 1. The molecule has 0 radical (unpaired) electrons. The molecule has 0 bridgehead atoms. The highest BCUT2D eigenvalue weighted by atomic mass is 35.5. The summed E-state index contributed by atoms with van der Waals surface area (Å²) in [5, 5.41) is 21.9. The smallest absolute Gasteiger partial charge is 0.281 e. The number of halogens is 1.